The Morgan fingerprint density at radius 2 is 1.50 bits per heavy atom. The molecular weight excluding hydrogens is 484 g/mol. The second kappa shape index (κ2) is 10.4. The van der Waals surface area contributed by atoms with Crippen molar-refractivity contribution in [1.82, 2.24) is 4.98 Å². The van der Waals surface area contributed by atoms with E-state index in [9.17, 15) is 20.2 Å². The lowest BCUT2D eigenvalue weighted by atomic mass is 9.97. The van der Waals surface area contributed by atoms with E-state index < -0.39 is 9.85 Å². The zero-order chi connectivity index (χ0) is 26.6. The zero-order valence-electron chi connectivity index (χ0n) is 20.3. The van der Waals surface area contributed by atoms with Gasteiger partial charge in [0.1, 0.15) is 5.75 Å². The number of benzene rings is 4. The lowest BCUT2D eigenvalue weighted by molar-refractivity contribution is -0.385. The fourth-order valence-corrected chi connectivity index (χ4v) is 4.26. The van der Waals surface area contributed by atoms with E-state index in [-0.39, 0.29) is 11.4 Å². The first-order chi connectivity index (χ1) is 18.4. The molecule has 38 heavy (non-hydrogen) atoms. The molecule has 0 aliphatic heterocycles. The topological polar surface area (TPSA) is 120 Å². The van der Waals surface area contributed by atoms with Gasteiger partial charge < -0.3 is 10.1 Å². The highest BCUT2D eigenvalue weighted by Crippen LogP contribution is 2.35. The van der Waals surface area contributed by atoms with E-state index in [2.05, 4.69) is 5.32 Å². The maximum atomic E-state index is 11.3. The Bertz CT molecular complexity index is 1670. The van der Waals surface area contributed by atoms with Crippen LogP contribution in [0.5, 0.6) is 5.75 Å². The van der Waals surface area contributed by atoms with Gasteiger partial charge in [0, 0.05) is 47.4 Å². The summed E-state index contributed by atoms with van der Waals surface area (Å²) >= 11 is 0. The number of nitro benzene ring substituents is 2. The van der Waals surface area contributed by atoms with Crippen molar-refractivity contribution >= 4 is 28.0 Å². The summed E-state index contributed by atoms with van der Waals surface area (Å²) in [7, 11) is 1.61. The van der Waals surface area contributed by atoms with E-state index in [4.69, 9.17) is 9.72 Å². The van der Waals surface area contributed by atoms with Crippen LogP contribution in [0.2, 0.25) is 0 Å². The molecule has 0 bridgehead atoms. The van der Waals surface area contributed by atoms with Crippen LogP contribution in [0, 0.1) is 20.2 Å². The normalized spacial score (nSPS) is 10.8. The molecule has 0 radical (unpaired) electrons. The molecule has 188 valence electrons. The predicted molar refractivity (Wildman–Crippen MR) is 146 cm³/mol. The van der Waals surface area contributed by atoms with Crippen LogP contribution in [-0.4, -0.2) is 21.9 Å². The largest absolute Gasteiger partial charge is 0.497 e. The maximum absolute atomic E-state index is 11.3. The van der Waals surface area contributed by atoms with Crippen molar-refractivity contribution in [2.75, 3.05) is 12.4 Å². The second-order valence-electron chi connectivity index (χ2n) is 8.60. The van der Waals surface area contributed by atoms with Crippen LogP contribution in [0.25, 0.3) is 33.3 Å². The van der Waals surface area contributed by atoms with Crippen molar-refractivity contribution in [1.29, 1.82) is 0 Å². The third-order valence-electron chi connectivity index (χ3n) is 6.18. The number of methoxy groups -OCH3 is 1. The van der Waals surface area contributed by atoms with Gasteiger partial charge in [-0.1, -0.05) is 36.4 Å². The van der Waals surface area contributed by atoms with Crippen LogP contribution >= 0.6 is 0 Å². The van der Waals surface area contributed by atoms with Crippen LogP contribution in [0.1, 0.15) is 5.56 Å². The van der Waals surface area contributed by atoms with Gasteiger partial charge in [-0.25, -0.2) is 4.98 Å². The predicted octanol–water partition coefficient (Wildman–Crippen LogP) is 7.01. The summed E-state index contributed by atoms with van der Waals surface area (Å²) in [5.74, 6) is 0.727. The highest BCUT2D eigenvalue weighted by atomic mass is 16.6. The molecule has 1 heterocycles. The Hall–Kier alpha value is -5.31. The summed E-state index contributed by atoms with van der Waals surface area (Å²) in [6.45, 7) is 0.407. The van der Waals surface area contributed by atoms with Gasteiger partial charge in [0.2, 0.25) is 0 Å². The Kier molecular flexibility index (Phi) is 6.65. The van der Waals surface area contributed by atoms with Crippen molar-refractivity contribution in [3.8, 4) is 28.1 Å². The fraction of sp³-hybridized carbons (Fsp3) is 0.0690. The highest BCUT2D eigenvalue weighted by molar-refractivity contribution is 5.98. The van der Waals surface area contributed by atoms with Gasteiger partial charge in [0.15, 0.2) is 0 Å². The monoisotopic (exact) mass is 506 g/mol. The average Bonchev–Trinajstić information content (AvgIpc) is 2.95. The maximum Gasteiger partial charge on any atom is 0.270 e. The third kappa shape index (κ3) is 5.12. The minimum Gasteiger partial charge on any atom is -0.497 e. The molecule has 9 heteroatoms. The van der Waals surface area contributed by atoms with Crippen molar-refractivity contribution in [2.45, 2.75) is 6.54 Å². The molecular formula is C29H22N4O5. The standard InChI is InChI=1S/C29H22N4O5/c1-38-25-11-8-20(9-12-25)26-17-29(21-5-3-7-24(15-21)33(36)37)31-28-13-10-22(16-27(26)28)30-18-19-4-2-6-23(14-19)32(34)35/h2-17,30H,18H2,1H3. The molecule has 0 amide bonds. The number of anilines is 1. The molecule has 0 spiro atoms. The van der Waals surface area contributed by atoms with Crippen LogP contribution in [0.15, 0.2) is 97.1 Å². The summed E-state index contributed by atoms with van der Waals surface area (Å²) in [4.78, 5) is 26.4. The Morgan fingerprint density at radius 1 is 0.789 bits per heavy atom. The van der Waals surface area contributed by atoms with Crippen molar-refractivity contribution in [3.05, 3.63) is 123 Å². The summed E-state index contributed by atoms with van der Waals surface area (Å²) in [5.41, 5.74) is 5.46. The molecule has 0 atom stereocenters. The minimum atomic E-state index is -0.422. The van der Waals surface area contributed by atoms with E-state index >= 15 is 0 Å². The number of nitrogens with zero attached hydrogens (tertiary/aromatic N) is 3. The van der Waals surface area contributed by atoms with E-state index in [1.807, 2.05) is 54.6 Å². The summed E-state index contributed by atoms with van der Waals surface area (Å²) in [6.07, 6.45) is 0. The van der Waals surface area contributed by atoms with E-state index in [0.717, 1.165) is 39.0 Å². The van der Waals surface area contributed by atoms with Gasteiger partial charge >= 0.3 is 0 Å². The summed E-state index contributed by atoms with van der Waals surface area (Å²) < 4.78 is 5.31. The number of non-ortho nitro benzene ring substituents is 2. The molecule has 5 aromatic rings. The molecule has 0 unspecified atom stereocenters. The Labute approximate surface area is 217 Å². The second-order valence-corrected chi connectivity index (χ2v) is 8.60. The van der Waals surface area contributed by atoms with Crippen molar-refractivity contribution in [3.63, 3.8) is 0 Å². The molecule has 0 fully saturated rings. The molecule has 9 nitrogen and oxygen atoms in total. The molecule has 1 N–H and O–H groups in total. The van der Waals surface area contributed by atoms with Gasteiger partial charge in [0.05, 0.1) is 28.2 Å². The lowest BCUT2D eigenvalue weighted by Crippen LogP contribution is -2.00. The van der Waals surface area contributed by atoms with Crippen molar-refractivity contribution < 1.29 is 14.6 Å². The van der Waals surface area contributed by atoms with Gasteiger partial charge in [-0.3, -0.25) is 20.2 Å². The molecule has 0 saturated heterocycles. The number of nitrogens with one attached hydrogen (secondary N) is 1. The summed E-state index contributed by atoms with van der Waals surface area (Å²) in [5, 5.41) is 26.7. The van der Waals surface area contributed by atoms with Crippen molar-refractivity contribution in [2.24, 2.45) is 0 Å². The first kappa shape index (κ1) is 24.4. The van der Waals surface area contributed by atoms with Crippen LogP contribution in [0.3, 0.4) is 0 Å². The number of fused-ring (bicyclic) bond motifs is 1. The van der Waals surface area contributed by atoms with Gasteiger partial charge in [-0.2, -0.15) is 0 Å². The van der Waals surface area contributed by atoms with Gasteiger partial charge in [0.25, 0.3) is 11.4 Å². The first-order valence-electron chi connectivity index (χ1n) is 11.7. The minimum absolute atomic E-state index is 0.00362. The summed E-state index contributed by atoms with van der Waals surface area (Å²) in [6, 6.07) is 28.3. The Morgan fingerprint density at radius 3 is 2.21 bits per heavy atom. The van der Waals surface area contributed by atoms with Crippen LogP contribution in [0.4, 0.5) is 17.1 Å². The van der Waals surface area contributed by atoms with Gasteiger partial charge in [-0.05, 0) is 53.1 Å². The van der Waals surface area contributed by atoms with E-state index in [0.29, 0.717) is 17.8 Å². The number of aromatic nitrogens is 1. The lowest BCUT2D eigenvalue weighted by Gasteiger charge is -2.13. The van der Waals surface area contributed by atoms with Crippen LogP contribution < -0.4 is 10.1 Å². The fourth-order valence-electron chi connectivity index (χ4n) is 4.26. The number of nitro groups is 2. The average molecular weight is 507 g/mol. The number of rotatable bonds is 8. The number of pyridine rings is 1. The van der Waals surface area contributed by atoms with E-state index in [1.165, 1.54) is 18.2 Å². The molecule has 0 aliphatic rings. The number of hydrogen-bond donors (Lipinski definition) is 1. The smallest absolute Gasteiger partial charge is 0.270 e. The highest BCUT2D eigenvalue weighted by Gasteiger charge is 2.14. The molecule has 0 aliphatic carbocycles. The van der Waals surface area contributed by atoms with E-state index in [1.54, 1.807) is 31.4 Å². The van der Waals surface area contributed by atoms with Gasteiger partial charge in [-0.15, -0.1) is 0 Å². The quantitative estimate of drug-likeness (QED) is 0.178. The first-order valence-corrected chi connectivity index (χ1v) is 11.7. The molecule has 5 rings (SSSR count). The molecule has 4 aromatic carbocycles. The number of hydrogen-bond acceptors (Lipinski definition) is 7. The number of ether oxygens (including phenoxy) is 1. The molecule has 0 saturated carbocycles. The Balaban J connectivity index is 1.57. The molecule has 1 aromatic heterocycles. The third-order valence-corrected chi connectivity index (χ3v) is 6.18. The zero-order valence-corrected chi connectivity index (χ0v) is 20.3. The SMILES string of the molecule is COc1ccc(-c2cc(-c3cccc([N+](=O)[O-])c3)nc3ccc(NCc4cccc([N+](=O)[O-])c4)cc23)cc1. The van der Waals surface area contributed by atoms with Crippen LogP contribution in [-0.2, 0) is 6.54 Å².